The van der Waals surface area contributed by atoms with Crippen LogP contribution < -0.4 is 27.2 Å². The lowest BCUT2D eigenvalue weighted by Crippen LogP contribution is -3.00. The lowest BCUT2D eigenvalue weighted by atomic mass is 10.1. The van der Waals surface area contributed by atoms with Gasteiger partial charge in [0.25, 0.3) is 0 Å². The Morgan fingerprint density at radius 1 is 1.09 bits per heavy atom. The van der Waals surface area contributed by atoms with Gasteiger partial charge in [0.15, 0.2) is 11.5 Å². The predicted octanol–water partition coefficient (Wildman–Crippen LogP) is 0.669. The largest absolute Gasteiger partial charge is 1.00 e. The van der Waals surface area contributed by atoms with Crippen LogP contribution in [0.5, 0.6) is 11.5 Å². The molecule has 1 fully saturated rings. The Bertz CT molecular complexity index is 647. The van der Waals surface area contributed by atoms with Crippen LogP contribution >= 0.6 is 0 Å². The number of halogens is 2. The summed E-state index contributed by atoms with van der Waals surface area (Å²) >= 11 is 0. The molecule has 23 heavy (non-hydrogen) atoms. The van der Waals surface area contributed by atoms with Crippen molar-refractivity contribution in [3.63, 3.8) is 0 Å². The predicted molar refractivity (Wildman–Crippen MR) is 83.6 cm³/mol. The summed E-state index contributed by atoms with van der Waals surface area (Å²) in [4.78, 5) is 0. The molecule has 124 valence electrons. The highest BCUT2D eigenvalue weighted by Gasteiger charge is 2.21. The van der Waals surface area contributed by atoms with Crippen LogP contribution in [0.3, 0.4) is 0 Å². The molecule has 1 saturated carbocycles. The smallest absolute Gasteiger partial charge is 0.166 e. The maximum atomic E-state index is 13.7. The van der Waals surface area contributed by atoms with Gasteiger partial charge in [-0.05, 0) is 25.0 Å². The molecule has 0 atom stereocenters. The fourth-order valence-corrected chi connectivity index (χ4v) is 2.33. The Morgan fingerprint density at radius 3 is 2.52 bits per heavy atom. The van der Waals surface area contributed by atoms with Gasteiger partial charge in [-0.15, -0.1) is 0 Å². The average molecular weight is 337 g/mol. The van der Waals surface area contributed by atoms with Crippen molar-refractivity contribution in [3.05, 3.63) is 59.4 Å². The number of methoxy groups -OCH3 is 1. The Kier molecular flexibility index (Phi) is 6.25. The van der Waals surface area contributed by atoms with Crippen LogP contribution in [-0.2, 0) is 13.2 Å². The van der Waals surface area contributed by atoms with E-state index < -0.39 is 0 Å². The van der Waals surface area contributed by atoms with E-state index >= 15 is 0 Å². The van der Waals surface area contributed by atoms with Crippen molar-refractivity contribution in [2.45, 2.75) is 32.0 Å². The maximum Gasteiger partial charge on any atom is 0.166 e. The van der Waals surface area contributed by atoms with E-state index in [1.807, 2.05) is 18.2 Å². The summed E-state index contributed by atoms with van der Waals surface area (Å²) in [5, 5.41) is 3.46. The van der Waals surface area contributed by atoms with Gasteiger partial charge < -0.3 is 27.2 Å². The molecule has 3 rings (SSSR count). The number of rotatable bonds is 7. The summed E-state index contributed by atoms with van der Waals surface area (Å²) < 4.78 is 25.0. The Hall–Kier alpha value is -1.78. The molecule has 0 saturated heterocycles. The van der Waals surface area contributed by atoms with Crippen LogP contribution in [0, 0.1) is 5.82 Å². The molecule has 0 aromatic heterocycles. The number of benzene rings is 2. The first-order chi connectivity index (χ1) is 10.8. The minimum atomic E-state index is -0.255. The first-order valence-electron chi connectivity index (χ1n) is 7.53. The normalized spacial score (nSPS) is 13.3. The van der Waals surface area contributed by atoms with E-state index in [2.05, 4.69) is 5.32 Å². The molecule has 1 aliphatic rings. The van der Waals surface area contributed by atoms with E-state index in [9.17, 15) is 4.39 Å². The minimum absolute atomic E-state index is 0. The van der Waals surface area contributed by atoms with Crippen LogP contribution in [0.2, 0.25) is 0 Å². The van der Waals surface area contributed by atoms with Crippen molar-refractivity contribution >= 4 is 0 Å². The SMILES string of the molecule is COc1cccc(CNC2CC2)c1OCc1ccccc1F.[Cl-]. The highest BCUT2D eigenvalue weighted by molar-refractivity contribution is 5.46. The minimum Gasteiger partial charge on any atom is -1.00 e. The maximum absolute atomic E-state index is 13.7. The van der Waals surface area contributed by atoms with Gasteiger partial charge in [0.05, 0.1) is 7.11 Å². The van der Waals surface area contributed by atoms with Gasteiger partial charge in [-0.3, -0.25) is 0 Å². The molecule has 1 N–H and O–H groups in total. The summed E-state index contributed by atoms with van der Waals surface area (Å²) in [6.07, 6.45) is 2.46. The van der Waals surface area contributed by atoms with Crippen molar-refractivity contribution in [2.24, 2.45) is 0 Å². The summed E-state index contributed by atoms with van der Waals surface area (Å²) in [6.45, 7) is 0.915. The molecule has 0 amide bonds. The van der Waals surface area contributed by atoms with E-state index in [1.165, 1.54) is 18.9 Å². The molecule has 0 radical (unpaired) electrons. The molecule has 3 nitrogen and oxygen atoms in total. The van der Waals surface area contributed by atoms with Crippen LogP contribution in [0.25, 0.3) is 0 Å². The van der Waals surface area contributed by atoms with E-state index in [1.54, 1.807) is 25.3 Å². The Morgan fingerprint density at radius 2 is 1.83 bits per heavy atom. The molecule has 0 heterocycles. The molecule has 0 bridgehead atoms. The molecule has 0 spiro atoms. The van der Waals surface area contributed by atoms with Gasteiger partial charge in [-0.1, -0.05) is 30.3 Å². The van der Waals surface area contributed by atoms with Gasteiger partial charge in [0, 0.05) is 23.7 Å². The zero-order valence-electron chi connectivity index (χ0n) is 13.0. The van der Waals surface area contributed by atoms with Gasteiger partial charge in [0.2, 0.25) is 0 Å². The molecule has 2 aromatic rings. The first-order valence-corrected chi connectivity index (χ1v) is 7.53. The summed E-state index contributed by atoms with van der Waals surface area (Å²) in [6, 6.07) is 13.1. The fraction of sp³-hybridized carbons (Fsp3) is 0.333. The zero-order valence-corrected chi connectivity index (χ0v) is 13.8. The Labute approximate surface area is 142 Å². The number of hydrogen-bond donors (Lipinski definition) is 1. The molecule has 5 heteroatoms. The van der Waals surface area contributed by atoms with E-state index in [0.29, 0.717) is 23.1 Å². The average Bonchev–Trinajstić information content (AvgIpc) is 3.36. The number of nitrogens with one attached hydrogen (secondary N) is 1. The van der Waals surface area contributed by atoms with Crippen molar-refractivity contribution < 1.29 is 26.3 Å². The third kappa shape index (κ3) is 4.60. The van der Waals surface area contributed by atoms with Gasteiger partial charge in [0.1, 0.15) is 12.4 Å². The van der Waals surface area contributed by atoms with Gasteiger partial charge in [-0.2, -0.15) is 0 Å². The monoisotopic (exact) mass is 336 g/mol. The van der Waals surface area contributed by atoms with Crippen LogP contribution in [0.4, 0.5) is 4.39 Å². The standard InChI is InChI=1S/C18H20FNO2.ClH/c1-21-17-8-4-6-13(11-20-15-9-10-15)18(17)22-12-14-5-2-3-7-16(14)19;/h2-8,15,20H,9-12H2,1H3;1H/p-1. The lowest BCUT2D eigenvalue weighted by Gasteiger charge is -2.16. The Balaban J connectivity index is 0.00000192. The second-order valence-electron chi connectivity index (χ2n) is 5.48. The fourth-order valence-electron chi connectivity index (χ4n) is 2.33. The molecule has 2 aromatic carbocycles. The third-order valence-electron chi connectivity index (χ3n) is 3.77. The van der Waals surface area contributed by atoms with Crippen molar-refractivity contribution in [2.75, 3.05) is 7.11 Å². The van der Waals surface area contributed by atoms with Crippen molar-refractivity contribution in [1.29, 1.82) is 0 Å². The number of para-hydroxylation sites is 1. The molecular formula is C18H20ClFNO2-. The van der Waals surface area contributed by atoms with Crippen LogP contribution in [0.15, 0.2) is 42.5 Å². The second-order valence-corrected chi connectivity index (χ2v) is 5.48. The molecule has 1 aliphatic carbocycles. The molecule has 0 unspecified atom stereocenters. The second kappa shape index (κ2) is 8.18. The zero-order chi connectivity index (χ0) is 15.4. The third-order valence-corrected chi connectivity index (χ3v) is 3.77. The van der Waals surface area contributed by atoms with Gasteiger partial charge in [-0.25, -0.2) is 4.39 Å². The first kappa shape index (κ1) is 17.6. The summed E-state index contributed by atoms with van der Waals surface area (Å²) in [5.41, 5.74) is 1.57. The van der Waals surface area contributed by atoms with Crippen molar-refractivity contribution in [3.8, 4) is 11.5 Å². The van der Waals surface area contributed by atoms with Gasteiger partial charge >= 0.3 is 0 Å². The number of ether oxygens (including phenoxy) is 2. The van der Waals surface area contributed by atoms with Crippen LogP contribution in [0.1, 0.15) is 24.0 Å². The van der Waals surface area contributed by atoms with E-state index in [-0.39, 0.29) is 24.8 Å². The van der Waals surface area contributed by atoms with E-state index in [0.717, 1.165) is 12.1 Å². The topological polar surface area (TPSA) is 30.5 Å². The quantitative estimate of drug-likeness (QED) is 0.806. The van der Waals surface area contributed by atoms with Crippen LogP contribution in [-0.4, -0.2) is 13.2 Å². The molecular weight excluding hydrogens is 317 g/mol. The summed E-state index contributed by atoms with van der Waals surface area (Å²) in [5.74, 6) is 1.10. The lowest BCUT2D eigenvalue weighted by molar-refractivity contribution is -0.00000568. The molecule has 0 aliphatic heterocycles. The summed E-state index contributed by atoms with van der Waals surface area (Å²) in [7, 11) is 1.61. The highest BCUT2D eigenvalue weighted by Crippen LogP contribution is 2.32. The van der Waals surface area contributed by atoms with Crippen molar-refractivity contribution in [1.82, 2.24) is 5.32 Å². The van der Waals surface area contributed by atoms with E-state index in [4.69, 9.17) is 9.47 Å². The number of hydrogen-bond acceptors (Lipinski definition) is 3. The highest BCUT2D eigenvalue weighted by atomic mass is 35.5.